The summed E-state index contributed by atoms with van der Waals surface area (Å²) in [6.45, 7) is 3.53. The molecule has 0 fully saturated rings. The van der Waals surface area contributed by atoms with Crippen molar-refractivity contribution in [1.82, 2.24) is 10.6 Å². The Balaban J connectivity index is 2.11. The fourth-order valence-electron chi connectivity index (χ4n) is 3.24. The highest BCUT2D eigenvalue weighted by atomic mass is 32.2. The van der Waals surface area contributed by atoms with Crippen LogP contribution in [0, 0.1) is 12.7 Å². The van der Waals surface area contributed by atoms with E-state index in [1.807, 2.05) is 19.1 Å². The van der Waals surface area contributed by atoms with E-state index in [4.69, 9.17) is 4.74 Å². The molecule has 1 aliphatic heterocycles. The molecule has 0 radical (unpaired) electrons. The zero-order valence-electron chi connectivity index (χ0n) is 16.4. The molecule has 1 atom stereocenters. The first-order chi connectivity index (χ1) is 14.2. The van der Waals surface area contributed by atoms with Gasteiger partial charge in [0, 0.05) is 5.70 Å². The van der Waals surface area contributed by atoms with E-state index in [2.05, 4.69) is 10.6 Å². The zero-order valence-corrected chi connectivity index (χ0v) is 17.3. The summed E-state index contributed by atoms with van der Waals surface area (Å²) in [6.07, 6.45) is 0. The molecule has 0 spiro atoms. The number of hydrogen-bond donors (Lipinski definition) is 2. The van der Waals surface area contributed by atoms with E-state index < -0.39 is 39.4 Å². The standard InChI is InChI=1S/C21H21FN2O5S/c1-3-29-20(25)18-17(12-30(27,28)15-10-8-14(22)9-11-15)23-21(26)24-19(18)16-7-5-4-6-13(16)2/h4-11,19H,3,12H2,1-2H3,(H2,23,24,26). The summed E-state index contributed by atoms with van der Waals surface area (Å²) in [7, 11) is -3.97. The second-order valence-corrected chi connectivity index (χ2v) is 8.70. The number of rotatable bonds is 6. The van der Waals surface area contributed by atoms with Crippen LogP contribution in [0.2, 0.25) is 0 Å². The molecule has 9 heteroatoms. The Bertz CT molecular complexity index is 1110. The molecule has 1 heterocycles. The SMILES string of the molecule is CCOC(=O)C1=C(CS(=O)(=O)c2ccc(F)cc2)NC(=O)NC1c1ccccc1C. The Kier molecular flexibility index (Phi) is 6.21. The van der Waals surface area contributed by atoms with Gasteiger partial charge in [-0.05, 0) is 49.2 Å². The predicted molar refractivity (Wildman–Crippen MR) is 108 cm³/mol. The average Bonchev–Trinajstić information content (AvgIpc) is 2.68. The lowest BCUT2D eigenvalue weighted by molar-refractivity contribution is -0.139. The quantitative estimate of drug-likeness (QED) is 0.540. The van der Waals surface area contributed by atoms with Crippen molar-refractivity contribution < 1.29 is 27.1 Å². The van der Waals surface area contributed by atoms with Gasteiger partial charge in [-0.1, -0.05) is 24.3 Å². The number of amides is 2. The number of urea groups is 1. The van der Waals surface area contributed by atoms with Crippen LogP contribution in [0.15, 0.2) is 64.7 Å². The maximum Gasteiger partial charge on any atom is 0.338 e. The second kappa shape index (κ2) is 8.66. The van der Waals surface area contributed by atoms with Crippen LogP contribution >= 0.6 is 0 Å². The largest absolute Gasteiger partial charge is 0.463 e. The molecule has 2 amide bonds. The first-order valence-corrected chi connectivity index (χ1v) is 10.9. The fourth-order valence-corrected chi connectivity index (χ4v) is 4.57. The smallest absolute Gasteiger partial charge is 0.338 e. The number of sulfone groups is 1. The number of carbonyl (C=O) groups excluding carboxylic acids is 2. The van der Waals surface area contributed by atoms with Crippen molar-refractivity contribution in [2.75, 3.05) is 12.4 Å². The van der Waals surface area contributed by atoms with Crippen LogP contribution in [0.5, 0.6) is 0 Å². The lowest BCUT2D eigenvalue weighted by Crippen LogP contribution is -2.47. The third-order valence-corrected chi connectivity index (χ3v) is 6.31. The molecular formula is C21H21FN2O5S. The van der Waals surface area contributed by atoms with E-state index in [0.717, 1.165) is 29.8 Å². The number of halogens is 1. The van der Waals surface area contributed by atoms with E-state index in [1.165, 1.54) is 0 Å². The molecule has 1 unspecified atom stereocenters. The monoisotopic (exact) mass is 432 g/mol. The van der Waals surface area contributed by atoms with Crippen LogP contribution in [0.3, 0.4) is 0 Å². The third-order valence-electron chi connectivity index (χ3n) is 4.66. The minimum Gasteiger partial charge on any atom is -0.463 e. The Morgan fingerprint density at radius 2 is 1.80 bits per heavy atom. The average molecular weight is 432 g/mol. The van der Waals surface area contributed by atoms with Gasteiger partial charge < -0.3 is 15.4 Å². The molecule has 2 aromatic carbocycles. The molecular weight excluding hydrogens is 411 g/mol. The number of ether oxygens (including phenoxy) is 1. The number of hydrogen-bond acceptors (Lipinski definition) is 5. The molecule has 3 rings (SSSR count). The van der Waals surface area contributed by atoms with Crippen LogP contribution in [0.4, 0.5) is 9.18 Å². The highest BCUT2D eigenvalue weighted by molar-refractivity contribution is 7.91. The topological polar surface area (TPSA) is 102 Å². The minimum atomic E-state index is -3.97. The Hall–Kier alpha value is -3.20. The molecule has 30 heavy (non-hydrogen) atoms. The molecule has 2 aromatic rings. The van der Waals surface area contributed by atoms with Gasteiger partial charge >= 0.3 is 12.0 Å². The van der Waals surface area contributed by atoms with E-state index in [1.54, 1.807) is 19.1 Å². The summed E-state index contributed by atoms with van der Waals surface area (Å²) in [6, 6.07) is 9.96. The van der Waals surface area contributed by atoms with Crippen molar-refractivity contribution in [2.45, 2.75) is 24.8 Å². The van der Waals surface area contributed by atoms with Gasteiger partial charge in [0.15, 0.2) is 9.84 Å². The van der Waals surface area contributed by atoms with Crippen LogP contribution < -0.4 is 10.6 Å². The number of esters is 1. The van der Waals surface area contributed by atoms with Gasteiger partial charge in [0.1, 0.15) is 5.82 Å². The van der Waals surface area contributed by atoms with Crippen molar-refractivity contribution in [3.8, 4) is 0 Å². The summed E-state index contributed by atoms with van der Waals surface area (Å²) in [5, 5.41) is 5.11. The van der Waals surface area contributed by atoms with Gasteiger partial charge in [-0.15, -0.1) is 0 Å². The maximum absolute atomic E-state index is 13.2. The van der Waals surface area contributed by atoms with Crippen LogP contribution in [0.25, 0.3) is 0 Å². The van der Waals surface area contributed by atoms with E-state index >= 15 is 0 Å². The van der Waals surface area contributed by atoms with Crippen molar-refractivity contribution in [3.05, 3.63) is 76.7 Å². The Morgan fingerprint density at radius 1 is 1.13 bits per heavy atom. The predicted octanol–water partition coefficient (Wildman–Crippen LogP) is 2.78. The summed E-state index contributed by atoms with van der Waals surface area (Å²) in [5.41, 5.74) is 1.39. The molecule has 0 saturated carbocycles. The molecule has 7 nitrogen and oxygen atoms in total. The van der Waals surface area contributed by atoms with Crippen LogP contribution in [-0.2, 0) is 19.4 Å². The lowest BCUT2D eigenvalue weighted by Gasteiger charge is -2.30. The van der Waals surface area contributed by atoms with Crippen molar-refractivity contribution in [2.24, 2.45) is 0 Å². The summed E-state index contributed by atoms with van der Waals surface area (Å²) < 4.78 is 44.1. The van der Waals surface area contributed by atoms with Crippen molar-refractivity contribution >= 4 is 21.8 Å². The number of benzene rings is 2. The van der Waals surface area contributed by atoms with Gasteiger partial charge in [0.05, 0.1) is 28.9 Å². The minimum absolute atomic E-state index is 0.0106. The van der Waals surface area contributed by atoms with Gasteiger partial charge in [-0.2, -0.15) is 0 Å². The molecule has 0 aromatic heterocycles. The molecule has 0 saturated heterocycles. The summed E-state index contributed by atoms with van der Waals surface area (Å²) in [5.74, 6) is -1.96. The van der Waals surface area contributed by atoms with Crippen molar-refractivity contribution in [1.29, 1.82) is 0 Å². The third kappa shape index (κ3) is 4.51. The highest BCUT2D eigenvalue weighted by Gasteiger charge is 2.36. The van der Waals surface area contributed by atoms with Crippen molar-refractivity contribution in [3.63, 3.8) is 0 Å². The Labute approximate surface area is 173 Å². The first-order valence-electron chi connectivity index (χ1n) is 9.24. The summed E-state index contributed by atoms with van der Waals surface area (Å²) >= 11 is 0. The van der Waals surface area contributed by atoms with E-state index in [-0.39, 0.29) is 22.8 Å². The number of nitrogens with one attached hydrogen (secondary N) is 2. The molecule has 0 bridgehead atoms. The summed E-state index contributed by atoms with van der Waals surface area (Å²) in [4.78, 5) is 24.9. The number of aryl methyl sites for hydroxylation is 1. The molecule has 1 aliphatic rings. The van der Waals surface area contributed by atoms with Gasteiger partial charge in [0.25, 0.3) is 0 Å². The van der Waals surface area contributed by atoms with Gasteiger partial charge in [-0.3, -0.25) is 0 Å². The van der Waals surface area contributed by atoms with E-state index in [9.17, 15) is 22.4 Å². The van der Waals surface area contributed by atoms with Crippen LogP contribution in [-0.4, -0.2) is 32.8 Å². The van der Waals surface area contributed by atoms with E-state index in [0.29, 0.717) is 5.56 Å². The fraction of sp³-hybridized carbons (Fsp3) is 0.238. The highest BCUT2D eigenvalue weighted by Crippen LogP contribution is 2.31. The Morgan fingerprint density at radius 3 is 2.43 bits per heavy atom. The van der Waals surface area contributed by atoms with Gasteiger partial charge in [0.2, 0.25) is 0 Å². The molecule has 158 valence electrons. The normalized spacial score (nSPS) is 16.6. The maximum atomic E-state index is 13.2. The number of carbonyl (C=O) groups is 2. The molecule has 0 aliphatic carbocycles. The second-order valence-electron chi connectivity index (χ2n) is 6.71. The van der Waals surface area contributed by atoms with Gasteiger partial charge in [-0.25, -0.2) is 22.4 Å². The zero-order chi connectivity index (χ0) is 21.9. The molecule has 2 N–H and O–H groups in total. The first kappa shape index (κ1) is 21.5. The lowest BCUT2D eigenvalue weighted by atomic mass is 9.92. The van der Waals surface area contributed by atoms with Crippen LogP contribution in [0.1, 0.15) is 24.1 Å².